The van der Waals surface area contributed by atoms with Crippen molar-refractivity contribution in [2.75, 3.05) is 26.2 Å². The van der Waals surface area contributed by atoms with Crippen LogP contribution in [0.5, 0.6) is 5.75 Å². The van der Waals surface area contributed by atoms with Crippen LogP contribution in [0.25, 0.3) is 11.4 Å². The molecule has 0 saturated carbocycles. The van der Waals surface area contributed by atoms with E-state index in [1.807, 2.05) is 42.5 Å². The van der Waals surface area contributed by atoms with Gasteiger partial charge in [0.2, 0.25) is 11.7 Å². The quantitative estimate of drug-likeness (QED) is 0.675. The molecule has 3 aromatic rings. The van der Waals surface area contributed by atoms with Crippen molar-refractivity contribution >= 4 is 0 Å². The molecule has 1 aromatic heterocycles. The summed E-state index contributed by atoms with van der Waals surface area (Å²) in [5, 5.41) is 4.14. The van der Waals surface area contributed by atoms with Crippen molar-refractivity contribution in [1.29, 1.82) is 0 Å². The summed E-state index contributed by atoms with van der Waals surface area (Å²) in [5.41, 5.74) is 2.21. The van der Waals surface area contributed by atoms with Crippen molar-refractivity contribution in [2.24, 2.45) is 0 Å². The standard InChI is InChI=1S/C21H23N3O2/c1-16-6-5-9-19(14-16)25-13-12-24-11-10-18(15-24)21-22-20(23-26-21)17-7-3-2-4-8-17/h2-9,14,18H,10-13,15H2,1H3/t18-/m0/s1. The molecule has 1 aliphatic heterocycles. The second kappa shape index (κ2) is 7.70. The molecule has 0 N–H and O–H groups in total. The zero-order valence-corrected chi connectivity index (χ0v) is 15.0. The number of aryl methyl sites for hydroxylation is 1. The van der Waals surface area contributed by atoms with Crippen molar-refractivity contribution in [2.45, 2.75) is 19.3 Å². The van der Waals surface area contributed by atoms with Crippen LogP contribution in [0, 0.1) is 6.92 Å². The van der Waals surface area contributed by atoms with Gasteiger partial charge in [-0.2, -0.15) is 4.98 Å². The Morgan fingerprint density at radius 1 is 1.15 bits per heavy atom. The van der Waals surface area contributed by atoms with Gasteiger partial charge in [0, 0.05) is 18.7 Å². The average molecular weight is 349 g/mol. The third kappa shape index (κ3) is 3.94. The molecule has 2 aromatic carbocycles. The lowest BCUT2D eigenvalue weighted by Gasteiger charge is -2.15. The summed E-state index contributed by atoms with van der Waals surface area (Å²) in [6.07, 6.45) is 1.04. The lowest BCUT2D eigenvalue weighted by molar-refractivity contribution is 0.233. The highest BCUT2D eigenvalue weighted by Crippen LogP contribution is 2.27. The van der Waals surface area contributed by atoms with E-state index in [1.165, 1.54) is 5.56 Å². The minimum atomic E-state index is 0.305. The molecule has 0 aliphatic carbocycles. The molecule has 0 radical (unpaired) electrons. The first-order chi connectivity index (χ1) is 12.8. The molecule has 134 valence electrons. The Balaban J connectivity index is 1.29. The fourth-order valence-corrected chi connectivity index (χ4v) is 3.34. The molecule has 1 saturated heterocycles. The van der Waals surface area contributed by atoms with Gasteiger partial charge in [0.1, 0.15) is 12.4 Å². The highest BCUT2D eigenvalue weighted by molar-refractivity contribution is 5.53. The molecule has 0 bridgehead atoms. The summed E-state index contributed by atoms with van der Waals surface area (Å²) in [4.78, 5) is 6.99. The Morgan fingerprint density at radius 2 is 2.04 bits per heavy atom. The molecule has 26 heavy (non-hydrogen) atoms. The summed E-state index contributed by atoms with van der Waals surface area (Å²) in [7, 11) is 0. The van der Waals surface area contributed by atoms with E-state index in [4.69, 9.17) is 9.26 Å². The highest BCUT2D eigenvalue weighted by Gasteiger charge is 2.28. The zero-order chi connectivity index (χ0) is 17.8. The number of aromatic nitrogens is 2. The lowest BCUT2D eigenvalue weighted by atomic mass is 10.1. The van der Waals surface area contributed by atoms with E-state index in [-0.39, 0.29) is 0 Å². The van der Waals surface area contributed by atoms with Crippen LogP contribution in [0.15, 0.2) is 59.1 Å². The van der Waals surface area contributed by atoms with Crippen molar-refractivity contribution in [1.82, 2.24) is 15.0 Å². The van der Waals surface area contributed by atoms with E-state index in [1.54, 1.807) is 0 Å². The first-order valence-electron chi connectivity index (χ1n) is 9.09. The third-order valence-electron chi connectivity index (χ3n) is 4.76. The number of nitrogens with zero attached hydrogens (tertiary/aromatic N) is 3. The summed E-state index contributed by atoms with van der Waals surface area (Å²) < 4.78 is 11.4. The number of hydrogen-bond donors (Lipinski definition) is 0. The highest BCUT2D eigenvalue weighted by atomic mass is 16.5. The molecule has 0 amide bonds. The molecule has 5 heteroatoms. The van der Waals surface area contributed by atoms with Crippen molar-refractivity contribution < 1.29 is 9.26 Å². The predicted molar refractivity (Wildman–Crippen MR) is 100 cm³/mol. The first kappa shape index (κ1) is 16.8. The maximum atomic E-state index is 5.86. The van der Waals surface area contributed by atoms with Crippen LogP contribution in [-0.2, 0) is 0 Å². The molecule has 5 nitrogen and oxygen atoms in total. The van der Waals surface area contributed by atoms with Gasteiger partial charge in [-0.05, 0) is 37.6 Å². The fourth-order valence-electron chi connectivity index (χ4n) is 3.34. The predicted octanol–water partition coefficient (Wildman–Crippen LogP) is 3.91. The fraction of sp³-hybridized carbons (Fsp3) is 0.333. The molecular weight excluding hydrogens is 326 g/mol. The second-order valence-electron chi connectivity index (χ2n) is 6.77. The maximum Gasteiger partial charge on any atom is 0.231 e. The van der Waals surface area contributed by atoms with Gasteiger partial charge >= 0.3 is 0 Å². The smallest absolute Gasteiger partial charge is 0.231 e. The van der Waals surface area contributed by atoms with E-state index < -0.39 is 0 Å². The minimum absolute atomic E-state index is 0.305. The van der Waals surface area contributed by atoms with Crippen LogP contribution >= 0.6 is 0 Å². The number of ether oxygens (including phenoxy) is 1. The van der Waals surface area contributed by atoms with Crippen LogP contribution in [0.3, 0.4) is 0 Å². The summed E-state index contributed by atoms with van der Waals surface area (Å²) in [5.74, 6) is 2.65. The number of benzene rings is 2. The molecule has 2 heterocycles. The van der Waals surface area contributed by atoms with E-state index in [2.05, 4.69) is 34.1 Å². The molecule has 1 aliphatic rings. The molecule has 1 fully saturated rings. The van der Waals surface area contributed by atoms with Gasteiger partial charge in [-0.15, -0.1) is 0 Å². The van der Waals surface area contributed by atoms with Gasteiger partial charge in [0.05, 0.1) is 5.92 Å². The first-order valence-corrected chi connectivity index (χ1v) is 9.09. The molecule has 4 rings (SSSR count). The monoisotopic (exact) mass is 349 g/mol. The number of likely N-dealkylation sites (tertiary alicyclic amines) is 1. The topological polar surface area (TPSA) is 51.4 Å². The largest absolute Gasteiger partial charge is 0.492 e. The zero-order valence-electron chi connectivity index (χ0n) is 15.0. The van der Waals surface area contributed by atoms with Crippen LogP contribution in [-0.4, -0.2) is 41.3 Å². The Bertz CT molecular complexity index is 847. The summed E-state index contributed by atoms with van der Waals surface area (Å²) in [6, 6.07) is 18.1. The van der Waals surface area contributed by atoms with Crippen LogP contribution < -0.4 is 4.74 Å². The SMILES string of the molecule is Cc1cccc(OCCN2CC[C@H](c3nc(-c4ccccc4)no3)C2)c1. The molecular formula is C21H23N3O2. The Labute approximate surface area is 153 Å². The van der Waals surface area contributed by atoms with Crippen molar-refractivity contribution in [3.8, 4) is 17.1 Å². The number of hydrogen-bond acceptors (Lipinski definition) is 5. The van der Waals surface area contributed by atoms with Gasteiger partial charge in [-0.1, -0.05) is 47.6 Å². The van der Waals surface area contributed by atoms with Gasteiger partial charge in [0.15, 0.2) is 0 Å². The van der Waals surface area contributed by atoms with Gasteiger partial charge in [-0.3, -0.25) is 4.90 Å². The van der Waals surface area contributed by atoms with Crippen LogP contribution in [0.2, 0.25) is 0 Å². The lowest BCUT2D eigenvalue weighted by Crippen LogP contribution is -2.26. The summed E-state index contributed by atoms with van der Waals surface area (Å²) >= 11 is 0. The maximum absolute atomic E-state index is 5.86. The van der Waals surface area contributed by atoms with Crippen LogP contribution in [0.4, 0.5) is 0 Å². The van der Waals surface area contributed by atoms with E-state index >= 15 is 0 Å². The normalized spacial score (nSPS) is 17.5. The van der Waals surface area contributed by atoms with Crippen molar-refractivity contribution in [3.63, 3.8) is 0 Å². The second-order valence-corrected chi connectivity index (χ2v) is 6.77. The molecule has 0 unspecified atom stereocenters. The van der Waals surface area contributed by atoms with Crippen molar-refractivity contribution in [3.05, 3.63) is 66.1 Å². The molecule has 1 atom stereocenters. The minimum Gasteiger partial charge on any atom is -0.492 e. The average Bonchev–Trinajstić information content (AvgIpc) is 3.32. The number of rotatable bonds is 6. The van der Waals surface area contributed by atoms with Gasteiger partial charge in [-0.25, -0.2) is 0 Å². The summed E-state index contributed by atoms with van der Waals surface area (Å²) in [6.45, 7) is 5.64. The van der Waals surface area contributed by atoms with Gasteiger partial charge < -0.3 is 9.26 Å². The molecule has 0 spiro atoms. The van der Waals surface area contributed by atoms with Gasteiger partial charge in [0.25, 0.3) is 0 Å². The Morgan fingerprint density at radius 3 is 2.88 bits per heavy atom. The van der Waals surface area contributed by atoms with E-state index in [9.17, 15) is 0 Å². The third-order valence-corrected chi connectivity index (χ3v) is 4.76. The Kier molecular flexibility index (Phi) is 4.97. The Hall–Kier alpha value is -2.66. The van der Waals surface area contributed by atoms with Crippen LogP contribution in [0.1, 0.15) is 23.8 Å². The van der Waals surface area contributed by atoms with E-state index in [0.717, 1.165) is 43.3 Å². The van der Waals surface area contributed by atoms with E-state index in [0.29, 0.717) is 18.3 Å².